The summed E-state index contributed by atoms with van der Waals surface area (Å²) in [4.78, 5) is 18.0. The highest BCUT2D eigenvalue weighted by atomic mass is 16.2. The molecular formula is C12H23N5O. The number of nitrogens with one attached hydrogen (secondary N) is 2. The Balaban J connectivity index is 2.27. The van der Waals surface area contributed by atoms with Crippen molar-refractivity contribution in [2.75, 3.05) is 27.2 Å². The fraction of sp³-hybridized carbons (Fsp3) is 0.750. The number of nitrogens with zero attached hydrogens (tertiary/aromatic N) is 3. The molecule has 1 heterocycles. The van der Waals surface area contributed by atoms with Gasteiger partial charge in [0, 0.05) is 12.5 Å². The first-order valence-corrected chi connectivity index (χ1v) is 6.36. The SMILES string of the molecule is CC(C)c1nc(C(=O)NCCCCN(C)C)n[nH]1. The van der Waals surface area contributed by atoms with E-state index in [0.29, 0.717) is 6.54 Å². The van der Waals surface area contributed by atoms with Crippen molar-refractivity contribution in [3.8, 4) is 0 Å². The first-order valence-electron chi connectivity index (χ1n) is 6.36. The summed E-state index contributed by atoms with van der Waals surface area (Å²) in [6.45, 7) is 5.71. The molecule has 6 nitrogen and oxygen atoms in total. The zero-order valence-electron chi connectivity index (χ0n) is 11.7. The van der Waals surface area contributed by atoms with Crippen LogP contribution in [0.3, 0.4) is 0 Å². The van der Waals surface area contributed by atoms with E-state index in [1.807, 2.05) is 27.9 Å². The summed E-state index contributed by atoms with van der Waals surface area (Å²) in [5, 5.41) is 9.50. The van der Waals surface area contributed by atoms with Gasteiger partial charge in [-0.2, -0.15) is 0 Å². The molecule has 102 valence electrons. The van der Waals surface area contributed by atoms with Crippen molar-refractivity contribution < 1.29 is 4.79 Å². The van der Waals surface area contributed by atoms with E-state index in [1.165, 1.54) is 0 Å². The molecule has 0 bridgehead atoms. The lowest BCUT2D eigenvalue weighted by molar-refractivity contribution is 0.0942. The summed E-state index contributed by atoms with van der Waals surface area (Å²) >= 11 is 0. The van der Waals surface area contributed by atoms with Crippen LogP contribution in [0.2, 0.25) is 0 Å². The second-order valence-electron chi connectivity index (χ2n) is 4.97. The van der Waals surface area contributed by atoms with Crippen molar-refractivity contribution in [3.63, 3.8) is 0 Å². The van der Waals surface area contributed by atoms with Gasteiger partial charge in [0.05, 0.1) is 0 Å². The summed E-state index contributed by atoms with van der Waals surface area (Å²) in [6.07, 6.45) is 2.03. The number of unbranched alkanes of at least 4 members (excludes halogenated alkanes) is 1. The largest absolute Gasteiger partial charge is 0.349 e. The first kappa shape index (κ1) is 14.6. The lowest BCUT2D eigenvalue weighted by Gasteiger charge is -2.08. The van der Waals surface area contributed by atoms with Gasteiger partial charge in [-0.15, -0.1) is 5.10 Å². The maximum Gasteiger partial charge on any atom is 0.290 e. The van der Waals surface area contributed by atoms with E-state index in [2.05, 4.69) is 25.4 Å². The van der Waals surface area contributed by atoms with Crippen LogP contribution < -0.4 is 5.32 Å². The number of hydrogen-bond acceptors (Lipinski definition) is 4. The standard InChI is InChI=1S/C12H23N5O/c1-9(2)10-14-11(16-15-10)12(18)13-7-5-6-8-17(3)4/h9H,5-8H2,1-4H3,(H,13,18)(H,14,15,16). The fourth-order valence-corrected chi connectivity index (χ4v) is 1.47. The zero-order valence-corrected chi connectivity index (χ0v) is 11.7. The van der Waals surface area contributed by atoms with Gasteiger partial charge in [-0.05, 0) is 33.5 Å². The fourth-order valence-electron chi connectivity index (χ4n) is 1.47. The van der Waals surface area contributed by atoms with Crippen LogP contribution in [0.25, 0.3) is 0 Å². The normalized spacial score (nSPS) is 11.2. The van der Waals surface area contributed by atoms with E-state index in [4.69, 9.17) is 0 Å². The molecule has 0 saturated heterocycles. The van der Waals surface area contributed by atoms with Crippen LogP contribution in [-0.2, 0) is 0 Å². The second kappa shape index (κ2) is 7.10. The molecule has 18 heavy (non-hydrogen) atoms. The molecule has 0 fully saturated rings. The number of rotatable bonds is 7. The van der Waals surface area contributed by atoms with E-state index in [1.54, 1.807) is 0 Å². The lowest BCUT2D eigenvalue weighted by Crippen LogP contribution is -2.26. The van der Waals surface area contributed by atoms with Crippen molar-refractivity contribution in [2.45, 2.75) is 32.6 Å². The highest BCUT2D eigenvalue weighted by Crippen LogP contribution is 2.07. The number of aromatic nitrogens is 3. The van der Waals surface area contributed by atoms with Crippen LogP contribution in [0.5, 0.6) is 0 Å². The van der Waals surface area contributed by atoms with E-state index in [-0.39, 0.29) is 17.6 Å². The summed E-state index contributed by atoms with van der Waals surface area (Å²) in [5.74, 6) is 1.02. The Morgan fingerprint density at radius 2 is 2.11 bits per heavy atom. The minimum absolute atomic E-state index is 0.206. The molecule has 1 rings (SSSR count). The van der Waals surface area contributed by atoms with Crippen LogP contribution in [0, 0.1) is 0 Å². The predicted molar refractivity (Wildman–Crippen MR) is 70.6 cm³/mol. The number of H-pyrrole nitrogens is 1. The number of carbonyl (C=O) groups is 1. The number of aromatic amines is 1. The Bertz CT molecular complexity index is 372. The molecule has 0 unspecified atom stereocenters. The number of hydrogen-bond donors (Lipinski definition) is 2. The molecule has 0 saturated carbocycles. The zero-order chi connectivity index (χ0) is 13.5. The molecule has 0 aliphatic carbocycles. The van der Waals surface area contributed by atoms with Crippen molar-refractivity contribution in [3.05, 3.63) is 11.6 Å². The summed E-state index contributed by atoms with van der Waals surface area (Å²) in [5.41, 5.74) is 0. The van der Waals surface area contributed by atoms with Gasteiger partial charge in [-0.25, -0.2) is 4.98 Å². The Kier molecular flexibility index (Phi) is 5.77. The van der Waals surface area contributed by atoms with E-state index in [0.717, 1.165) is 25.2 Å². The van der Waals surface area contributed by atoms with Gasteiger partial charge < -0.3 is 10.2 Å². The quantitative estimate of drug-likeness (QED) is 0.711. The first-order chi connectivity index (χ1) is 8.50. The highest BCUT2D eigenvalue weighted by molar-refractivity contribution is 5.90. The van der Waals surface area contributed by atoms with Gasteiger partial charge in [-0.3, -0.25) is 9.89 Å². The maximum atomic E-state index is 11.7. The summed E-state index contributed by atoms with van der Waals surface area (Å²) in [6, 6.07) is 0. The Morgan fingerprint density at radius 1 is 1.39 bits per heavy atom. The van der Waals surface area contributed by atoms with E-state index < -0.39 is 0 Å². The third-order valence-corrected chi connectivity index (χ3v) is 2.57. The molecule has 0 aliphatic rings. The lowest BCUT2D eigenvalue weighted by atomic mass is 10.2. The van der Waals surface area contributed by atoms with Gasteiger partial charge in [0.1, 0.15) is 5.82 Å². The Morgan fingerprint density at radius 3 is 2.67 bits per heavy atom. The number of carbonyl (C=O) groups excluding carboxylic acids is 1. The monoisotopic (exact) mass is 253 g/mol. The Labute approximate surface area is 108 Å². The van der Waals surface area contributed by atoms with Crippen molar-refractivity contribution in [1.82, 2.24) is 25.4 Å². The van der Waals surface area contributed by atoms with Crippen LogP contribution in [-0.4, -0.2) is 53.2 Å². The van der Waals surface area contributed by atoms with Crippen molar-refractivity contribution >= 4 is 5.91 Å². The molecule has 0 spiro atoms. The molecule has 0 aromatic carbocycles. The van der Waals surface area contributed by atoms with Crippen LogP contribution in [0.1, 0.15) is 49.1 Å². The topological polar surface area (TPSA) is 73.9 Å². The van der Waals surface area contributed by atoms with Gasteiger partial charge in [-0.1, -0.05) is 13.8 Å². The average Bonchev–Trinajstić information content (AvgIpc) is 2.77. The smallest absolute Gasteiger partial charge is 0.290 e. The minimum atomic E-state index is -0.206. The van der Waals surface area contributed by atoms with Gasteiger partial charge in [0.25, 0.3) is 5.91 Å². The Hall–Kier alpha value is -1.43. The molecule has 2 N–H and O–H groups in total. The van der Waals surface area contributed by atoms with Gasteiger partial charge in [0.2, 0.25) is 5.82 Å². The van der Waals surface area contributed by atoms with Crippen LogP contribution in [0.15, 0.2) is 0 Å². The number of amides is 1. The summed E-state index contributed by atoms with van der Waals surface area (Å²) in [7, 11) is 4.08. The van der Waals surface area contributed by atoms with Crippen LogP contribution >= 0.6 is 0 Å². The van der Waals surface area contributed by atoms with Crippen LogP contribution in [0.4, 0.5) is 0 Å². The summed E-state index contributed by atoms with van der Waals surface area (Å²) < 4.78 is 0. The molecule has 6 heteroatoms. The molecule has 0 radical (unpaired) electrons. The molecule has 1 aromatic heterocycles. The van der Waals surface area contributed by atoms with Gasteiger partial charge in [0.15, 0.2) is 0 Å². The van der Waals surface area contributed by atoms with E-state index in [9.17, 15) is 4.79 Å². The minimum Gasteiger partial charge on any atom is -0.349 e. The van der Waals surface area contributed by atoms with Crippen molar-refractivity contribution in [2.24, 2.45) is 0 Å². The third kappa shape index (κ3) is 4.83. The van der Waals surface area contributed by atoms with Crippen molar-refractivity contribution in [1.29, 1.82) is 0 Å². The second-order valence-corrected chi connectivity index (χ2v) is 4.97. The molecule has 0 aliphatic heterocycles. The molecule has 1 amide bonds. The van der Waals surface area contributed by atoms with Gasteiger partial charge >= 0.3 is 0 Å². The predicted octanol–water partition coefficient (Wildman–Crippen LogP) is 1.000. The molecule has 0 atom stereocenters. The molecular weight excluding hydrogens is 230 g/mol. The van der Waals surface area contributed by atoms with E-state index >= 15 is 0 Å². The highest BCUT2D eigenvalue weighted by Gasteiger charge is 2.13. The average molecular weight is 253 g/mol. The molecule has 1 aromatic rings. The maximum absolute atomic E-state index is 11.7. The third-order valence-electron chi connectivity index (χ3n) is 2.57.